The van der Waals surface area contributed by atoms with E-state index in [2.05, 4.69) is 4.57 Å². The molecule has 184 valence electrons. The van der Waals surface area contributed by atoms with E-state index in [4.69, 9.17) is 23.8 Å². The van der Waals surface area contributed by atoms with Crippen molar-refractivity contribution >= 4 is 29.6 Å². The minimum absolute atomic E-state index is 0.0930. The zero-order valence-corrected chi connectivity index (χ0v) is 20.8. The van der Waals surface area contributed by atoms with Crippen molar-refractivity contribution in [3.63, 3.8) is 0 Å². The van der Waals surface area contributed by atoms with E-state index >= 15 is 4.39 Å². The van der Waals surface area contributed by atoms with E-state index in [1.165, 1.54) is 13.2 Å². The second-order valence-electron chi connectivity index (χ2n) is 10.2. The number of hydrogen-bond donors (Lipinski definition) is 0. The van der Waals surface area contributed by atoms with Crippen LogP contribution in [-0.2, 0) is 31.7 Å². The summed E-state index contributed by atoms with van der Waals surface area (Å²) >= 11 is 0. The van der Waals surface area contributed by atoms with Crippen molar-refractivity contribution in [3.8, 4) is 0 Å². The topological polar surface area (TPSA) is 71.8 Å². The van der Waals surface area contributed by atoms with Crippen LogP contribution in [0, 0.1) is 5.82 Å². The second-order valence-corrected chi connectivity index (χ2v) is 10.2. The summed E-state index contributed by atoms with van der Waals surface area (Å²) in [6, 6.07) is 10.4. The first-order valence-electron chi connectivity index (χ1n) is 11.9. The largest absolute Gasteiger partial charge is 0.497 e. The van der Waals surface area contributed by atoms with Gasteiger partial charge in [0.05, 0.1) is 47.6 Å². The number of hydrogen-bond acceptors (Lipinski definition) is 6. The monoisotopic (exact) mass is 480 g/mol. The molecule has 7 nitrogen and oxygen atoms in total. The minimum Gasteiger partial charge on any atom is -0.465 e. The Hall–Kier alpha value is -2.75. The van der Waals surface area contributed by atoms with Crippen molar-refractivity contribution in [1.29, 1.82) is 0 Å². The van der Waals surface area contributed by atoms with Crippen molar-refractivity contribution in [2.45, 2.75) is 64.4 Å². The maximum absolute atomic E-state index is 15.2. The predicted octanol–water partition coefficient (Wildman–Crippen LogP) is 3.64. The fourth-order valence-corrected chi connectivity index (χ4v) is 4.41. The van der Waals surface area contributed by atoms with Crippen molar-refractivity contribution in [2.75, 3.05) is 13.7 Å². The predicted molar refractivity (Wildman–Crippen MR) is 130 cm³/mol. The van der Waals surface area contributed by atoms with Crippen LogP contribution >= 0.6 is 0 Å². The number of methoxy groups -OCH3 is 1. The van der Waals surface area contributed by atoms with E-state index in [9.17, 15) is 4.79 Å². The third-order valence-corrected chi connectivity index (χ3v) is 7.36. The van der Waals surface area contributed by atoms with E-state index in [1.54, 1.807) is 18.2 Å². The molecular formula is C26H30BFN2O5. The first kappa shape index (κ1) is 24.0. The number of carbonyl (C=O) groups excluding carboxylic acids is 1. The number of rotatable bonds is 6. The summed E-state index contributed by atoms with van der Waals surface area (Å²) in [5.74, 6) is 0.000670. The molecule has 0 unspecified atom stereocenters. The van der Waals surface area contributed by atoms with Crippen LogP contribution in [0.3, 0.4) is 0 Å². The molecule has 0 bridgehead atoms. The molecule has 2 aliphatic heterocycles. The molecule has 1 atom stereocenters. The first-order valence-corrected chi connectivity index (χ1v) is 11.9. The normalized spacial score (nSPS) is 20.7. The van der Waals surface area contributed by atoms with Crippen molar-refractivity contribution in [2.24, 2.45) is 0 Å². The molecule has 3 aromatic rings. The SMILES string of the molecule is COC(=O)c1ccc2nc(Cc3ccc(B4OC(C)(C)C(C)(C)O4)c(F)c3)n(C[C@@H]3CCO3)c2c1. The zero-order chi connectivity index (χ0) is 25.0. The fourth-order valence-electron chi connectivity index (χ4n) is 4.41. The Labute approximate surface area is 204 Å². The molecule has 5 rings (SSSR count). The van der Waals surface area contributed by atoms with Gasteiger partial charge >= 0.3 is 13.1 Å². The summed E-state index contributed by atoms with van der Waals surface area (Å²) in [4.78, 5) is 16.9. The lowest BCUT2D eigenvalue weighted by atomic mass is 9.78. The Morgan fingerprint density at radius 1 is 1.17 bits per heavy atom. The molecule has 2 fully saturated rings. The maximum atomic E-state index is 15.2. The Bertz CT molecular complexity index is 1270. The number of benzene rings is 2. The summed E-state index contributed by atoms with van der Waals surface area (Å²) in [5, 5.41) is 0. The second kappa shape index (κ2) is 8.73. The Morgan fingerprint density at radius 2 is 1.89 bits per heavy atom. The molecule has 35 heavy (non-hydrogen) atoms. The highest BCUT2D eigenvalue weighted by molar-refractivity contribution is 6.62. The van der Waals surface area contributed by atoms with Gasteiger partial charge in [0, 0.05) is 18.5 Å². The van der Waals surface area contributed by atoms with E-state index in [-0.39, 0.29) is 11.9 Å². The molecule has 0 N–H and O–H groups in total. The van der Waals surface area contributed by atoms with Crippen LogP contribution in [0.2, 0.25) is 0 Å². The smallest absolute Gasteiger partial charge is 0.465 e. The van der Waals surface area contributed by atoms with Gasteiger partial charge in [-0.2, -0.15) is 0 Å². The summed E-state index contributed by atoms with van der Waals surface area (Å²) < 4.78 is 39.8. The molecule has 0 amide bonds. The van der Waals surface area contributed by atoms with E-state index in [1.807, 2.05) is 39.8 Å². The molecule has 0 aliphatic carbocycles. The highest BCUT2D eigenvalue weighted by atomic mass is 19.1. The molecular weight excluding hydrogens is 450 g/mol. The van der Waals surface area contributed by atoms with E-state index in [0.717, 1.165) is 35.4 Å². The average Bonchev–Trinajstić information content (AvgIpc) is 3.21. The Balaban J connectivity index is 1.45. The number of imidazole rings is 1. The number of nitrogens with zero attached hydrogens (tertiary/aromatic N) is 2. The molecule has 0 radical (unpaired) electrons. The van der Waals surface area contributed by atoms with E-state index in [0.29, 0.717) is 24.0 Å². The Morgan fingerprint density at radius 3 is 2.49 bits per heavy atom. The number of carbonyl (C=O) groups is 1. The van der Waals surface area contributed by atoms with Crippen LogP contribution < -0.4 is 5.46 Å². The number of aromatic nitrogens is 2. The zero-order valence-electron chi connectivity index (χ0n) is 20.8. The standard InChI is InChI=1S/C26H30BFN2O5/c1-25(2)26(3,4)35-27(34-25)19-8-6-16(12-20(19)28)13-23-29-21-9-7-17(24(31)32-5)14-22(21)30(23)15-18-10-11-33-18/h6-9,12,14,18H,10-11,13,15H2,1-5H3/t18-/m0/s1. The molecule has 9 heteroatoms. The highest BCUT2D eigenvalue weighted by Gasteiger charge is 2.52. The average molecular weight is 480 g/mol. The molecule has 0 spiro atoms. The van der Waals surface area contributed by atoms with Gasteiger partial charge in [0.1, 0.15) is 11.6 Å². The lowest BCUT2D eigenvalue weighted by Gasteiger charge is -2.32. The number of fused-ring (bicyclic) bond motifs is 1. The lowest BCUT2D eigenvalue weighted by Crippen LogP contribution is -2.41. The third-order valence-electron chi connectivity index (χ3n) is 7.36. The molecule has 2 aliphatic rings. The molecule has 2 saturated heterocycles. The minimum atomic E-state index is -0.758. The van der Waals surface area contributed by atoms with Gasteiger partial charge in [0.25, 0.3) is 0 Å². The number of halogens is 1. The van der Waals surface area contributed by atoms with Gasteiger partial charge in [-0.25, -0.2) is 14.2 Å². The summed E-state index contributed by atoms with van der Waals surface area (Å²) in [7, 11) is 0.602. The van der Waals surface area contributed by atoms with Crippen LogP contribution in [-0.4, -0.2) is 53.7 Å². The summed E-state index contributed by atoms with van der Waals surface area (Å²) in [6.07, 6.45) is 1.48. The van der Waals surface area contributed by atoms with Crippen LogP contribution in [0.15, 0.2) is 36.4 Å². The highest BCUT2D eigenvalue weighted by Crippen LogP contribution is 2.36. The van der Waals surface area contributed by atoms with Gasteiger partial charge in [-0.15, -0.1) is 0 Å². The van der Waals surface area contributed by atoms with Crippen molar-refractivity contribution < 1.29 is 28.0 Å². The first-order chi connectivity index (χ1) is 16.6. The molecule has 0 saturated carbocycles. The van der Waals surface area contributed by atoms with Crippen molar-refractivity contribution in [1.82, 2.24) is 9.55 Å². The number of esters is 1. The van der Waals surface area contributed by atoms with Gasteiger partial charge in [0.2, 0.25) is 0 Å². The van der Waals surface area contributed by atoms with Gasteiger partial charge in [-0.05, 0) is 63.9 Å². The van der Waals surface area contributed by atoms with Gasteiger partial charge in [0.15, 0.2) is 0 Å². The summed E-state index contributed by atoms with van der Waals surface area (Å²) in [6.45, 7) is 9.14. The number of ether oxygens (including phenoxy) is 2. The quantitative estimate of drug-likeness (QED) is 0.397. The van der Waals surface area contributed by atoms with Crippen molar-refractivity contribution in [3.05, 3.63) is 59.2 Å². The van der Waals surface area contributed by atoms with Crippen LogP contribution in [0.25, 0.3) is 11.0 Å². The van der Waals surface area contributed by atoms with Gasteiger partial charge < -0.3 is 23.3 Å². The van der Waals surface area contributed by atoms with Crippen LogP contribution in [0.5, 0.6) is 0 Å². The Kier molecular flexibility index (Phi) is 5.98. The molecule has 2 aromatic carbocycles. The molecule has 3 heterocycles. The molecule has 1 aromatic heterocycles. The van der Waals surface area contributed by atoms with E-state index < -0.39 is 24.3 Å². The van der Waals surface area contributed by atoms with Gasteiger partial charge in [-0.3, -0.25) is 0 Å². The third kappa shape index (κ3) is 4.37. The maximum Gasteiger partial charge on any atom is 0.497 e. The fraction of sp³-hybridized carbons (Fsp3) is 0.462. The van der Waals surface area contributed by atoms with Crippen LogP contribution in [0.4, 0.5) is 4.39 Å². The van der Waals surface area contributed by atoms with Gasteiger partial charge in [-0.1, -0.05) is 12.1 Å². The lowest BCUT2D eigenvalue weighted by molar-refractivity contribution is -0.0589. The van der Waals surface area contributed by atoms with Crippen LogP contribution in [0.1, 0.15) is 55.9 Å². The summed E-state index contributed by atoms with van der Waals surface area (Å²) in [5.41, 5.74) is 2.13.